The van der Waals surface area contributed by atoms with E-state index in [9.17, 15) is 0 Å². The molecule has 1 aliphatic carbocycles. The van der Waals surface area contributed by atoms with Crippen LogP contribution in [0.1, 0.15) is 51.9 Å². The number of rotatable bonds is 8. The van der Waals surface area contributed by atoms with Crippen molar-refractivity contribution >= 4 is 8.88 Å². The summed E-state index contributed by atoms with van der Waals surface area (Å²) in [4.78, 5) is 7.08. The molecule has 2 N–H and O–H groups in total. The van der Waals surface area contributed by atoms with Gasteiger partial charge in [-0.25, -0.2) is 0 Å². The Morgan fingerprint density at radius 3 is 2.29 bits per heavy atom. The molecule has 17 heavy (non-hydrogen) atoms. The van der Waals surface area contributed by atoms with Crippen molar-refractivity contribution in [1.29, 1.82) is 0 Å². The Kier molecular flexibility index (Phi) is 7.30. The average Bonchev–Trinajstić information content (AvgIpc) is 2.39. The highest BCUT2D eigenvalue weighted by atomic mass is 28.4. The summed E-state index contributed by atoms with van der Waals surface area (Å²) in [6, 6.07) is 0.560. The summed E-state index contributed by atoms with van der Waals surface area (Å²) in [5, 5.41) is 0. The maximum atomic E-state index is 5.63. The Labute approximate surface area is 107 Å². The van der Waals surface area contributed by atoms with E-state index in [-0.39, 0.29) is 0 Å². The van der Waals surface area contributed by atoms with Gasteiger partial charge in [0.25, 0.3) is 0 Å². The molecular weight excluding hydrogens is 232 g/mol. The fourth-order valence-corrected chi connectivity index (χ4v) is 4.47. The van der Waals surface area contributed by atoms with Crippen LogP contribution in [0.4, 0.5) is 0 Å². The first kappa shape index (κ1) is 15.1. The van der Waals surface area contributed by atoms with Gasteiger partial charge in [-0.15, -0.1) is 0 Å². The summed E-state index contributed by atoms with van der Waals surface area (Å²) in [5.41, 5.74) is 0. The van der Waals surface area contributed by atoms with E-state index < -0.39 is 8.88 Å². The summed E-state index contributed by atoms with van der Waals surface area (Å²) >= 11 is 0. The van der Waals surface area contributed by atoms with E-state index in [4.69, 9.17) is 8.85 Å². The van der Waals surface area contributed by atoms with Gasteiger partial charge in [-0.2, -0.15) is 0 Å². The molecule has 0 amide bonds. The zero-order chi connectivity index (χ0) is 12.6. The van der Waals surface area contributed by atoms with Crippen LogP contribution in [0, 0.1) is 0 Å². The van der Waals surface area contributed by atoms with Crippen LogP contribution in [0.2, 0.25) is 0 Å². The van der Waals surface area contributed by atoms with Crippen LogP contribution in [0.15, 0.2) is 0 Å². The maximum Gasteiger partial charge on any atom is 0.516 e. The topological polar surface area (TPSA) is 42.5 Å². The molecule has 0 bridgehead atoms. The van der Waals surface area contributed by atoms with Crippen LogP contribution >= 0.6 is 0 Å². The van der Waals surface area contributed by atoms with Crippen molar-refractivity contribution in [1.82, 2.24) is 9.96 Å². The van der Waals surface area contributed by atoms with Crippen molar-refractivity contribution < 1.29 is 8.85 Å². The van der Waals surface area contributed by atoms with E-state index in [0.717, 1.165) is 13.0 Å². The first-order valence-electron chi connectivity index (χ1n) is 6.89. The lowest BCUT2D eigenvalue weighted by Gasteiger charge is -2.33. The third-order valence-corrected chi connectivity index (χ3v) is 6.12. The monoisotopic (exact) mass is 260 g/mol. The quantitative estimate of drug-likeness (QED) is 0.518. The minimum atomic E-state index is -2.37. The van der Waals surface area contributed by atoms with Gasteiger partial charge in [-0.3, -0.25) is 9.96 Å². The van der Waals surface area contributed by atoms with Gasteiger partial charge in [0, 0.05) is 20.3 Å². The minimum Gasteiger partial charge on any atom is -0.374 e. The highest BCUT2D eigenvalue weighted by Gasteiger charge is 2.39. The minimum absolute atomic E-state index is 0.560. The normalized spacial score (nSPS) is 18.5. The second-order valence-electron chi connectivity index (χ2n) is 4.78. The molecule has 1 rings (SSSR count). The third kappa shape index (κ3) is 5.05. The van der Waals surface area contributed by atoms with Crippen molar-refractivity contribution in [3.63, 3.8) is 0 Å². The van der Waals surface area contributed by atoms with Crippen molar-refractivity contribution in [2.75, 3.05) is 20.8 Å². The van der Waals surface area contributed by atoms with E-state index in [0.29, 0.717) is 6.04 Å². The van der Waals surface area contributed by atoms with Gasteiger partial charge in [-0.05, 0) is 25.8 Å². The van der Waals surface area contributed by atoms with Gasteiger partial charge in [0.05, 0.1) is 0 Å². The molecule has 102 valence electrons. The number of unbranched alkanes of at least 4 members (excludes halogenated alkanes) is 1. The molecule has 5 heteroatoms. The van der Waals surface area contributed by atoms with Crippen LogP contribution in [0.5, 0.6) is 0 Å². The van der Waals surface area contributed by atoms with Gasteiger partial charge in [0.1, 0.15) is 0 Å². The van der Waals surface area contributed by atoms with E-state index in [1.165, 1.54) is 38.5 Å². The van der Waals surface area contributed by atoms with Gasteiger partial charge < -0.3 is 8.85 Å². The zero-order valence-corrected chi connectivity index (χ0v) is 12.6. The van der Waals surface area contributed by atoms with Crippen molar-refractivity contribution in [3.8, 4) is 0 Å². The highest BCUT2D eigenvalue weighted by molar-refractivity contribution is 6.62. The molecule has 1 saturated carbocycles. The lowest BCUT2D eigenvalue weighted by atomic mass is 9.96. The Morgan fingerprint density at radius 1 is 1.12 bits per heavy atom. The molecule has 0 aromatic heterocycles. The first-order valence-corrected chi connectivity index (χ1v) is 8.71. The number of hydrogen-bond acceptors (Lipinski definition) is 4. The molecule has 0 radical (unpaired) electrons. The van der Waals surface area contributed by atoms with Crippen molar-refractivity contribution in [2.45, 2.75) is 57.9 Å². The van der Waals surface area contributed by atoms with Crippen LogP contribution < -0.4 is 9.96 Å². The van der Waals surface area contributed by atoms with Crippen LogP contribution in [0.3, 0.4) is 0 Å². The summed E-state index contributed by atoms with van der Waals surface area (Å²) < 4.78 is 11.3. The molecule has 0 spiro atoms. The Morgan fingerprint density at radius 2 is 1.76 bits per heavy atom. The largest absolute Gasteiger partial charge is 0.516 e. The van der Waals surface area contributed by atoms with E-state index in [1.54, 1.807) is 14.2 Å². The SMILES string of the molecule is CCCCN[Si](NC1CCCCC1)(OC)OC. The van der Waals surface area contributed by atoms with E-state index in [2.05, 4.69) is 16.9 Å². The van der Waals surface area contributed by atoms with Crippen molar-refractivity contribution in [3.05, 3.63) is 0 Å². The highest BCUT2D eigenvalue weighted by Crippen LogP contribution is 2.18. The second-order valence-corrected chi connectivity index (χ2v) is 7.48. The summed E-state index contributed by atoms with van der Waals surface area (Å²) in [7, 11) is 1.11. The molecule has 0 atom stereocenters. The fraction of sp³-hybridized carbons (Fsp3) is 1.00. The lowest BCUT2D eigenvalue weighted by molar-refractivity contribution is 0.200. The lowest BCUT2D eigenvalue weighted by Crippen LogP contribution is -2.68. The molecule has 1 fully saturated rings. The maximum absolute atomic E-state index is 5.63. The second kappa shape index (κ2) is 8.21. The standard InChI is InChI=1S/C12H28N2O2Si/c1-4-5-11-13-17(15-2,16-3)14-12-9-7-6-8-10-12/h12-14H,4-11H2,1-3H3. The molecule has 0 saturated heterocycles. The van der Waals surface area contributed by atoms with Crippen LogP contribution in [-0.4, -0.2) is 35.7 Å². The van der Waals surface area contributed by atoms with Gasteiger partial charge >= 0.3 is 8.88 Å². The van der Waals surface area contributed by atoms with Gasteiger partial charge in [-0.1, -0.05) is 32.6 Å². The molecule has 0 aromatic rings. The first-order chi connectivity index (χ1) is 8.26. The van der Waals surface area contributed by atoms with E-state index >= 15 is 0 Å². The predicted octanol–water partition coefficient (Wildman–Crippen LogP) is 2.03. The van der Waals surface area contributed by atoms with Gasteiger partial charge in [0.15, 0.2) is 0 Å². The third-order valence-electron chi connectivity index (χ3n) is 3.46. The molecular formula is C12H28N2O2Si. The molecule has 4 nitrogen and oxygen atoms in total. The van der Waals surface area contributed by atoms with Crippen LogP contribution in [-0.2, 0) is 8.85 Å². The molecule has 0 heterocycles. The zero-order valence-electron chi connectivity index (χ0n) is 11.6. The fourth-order valence-electron chi connectivity index (χ4n) is 2.34. The number of hydrogen-bond donors (Lipinski definition) is 2. The Bertz CT molecular complexity index is 195. The molecule has 1 aliphatic rings. The Balaban J connectivity index is 2.43. The average molecular weight is 260 g/mol. The predicted molar refractivity (Wildman–Crippen MR) is 72.7 cm³/mol. The van der Waals surface area contributed by atoms with Crippen molar-refractivity contribution in [2.24, 2.45) is 0 Å². The van der Waals surface area contributed by atoms with Gasteiger partial charge in [0.2, 0.25) is 0 Å². The smallest absolute Gasteiger partial charge is 0.374 e. The summed E-state index contributed by atoms with van der Waals surface area (Å²) in [6.07, 6.45) is 8.86. The molecule has 0 aromatic carbocycles. The molecule has 0 aliphatic heterocycles. The number of nitrogens with one attached hydrogen (secondary N) is 2. The van der Waals surface area contributed by atoms with E-state index in [1.807, 2.05) is 0 Å². The summed E-state index contributed by atoms with van der Waals surface area (Å²) in [6.45, 7) is 3.16. The molecule has 0 unspecified atom stereocenters. The summed E-state index contributed by atoms with van der Waals surface area (Å²) in [5.74, 6) is 0. The Hall–Kier alpha value is 0.0569. The van der Waals surface area contributed by atoms with Crippen LogP contribution in [0.25, 0.3) is 0 Å².